The first-order valence-corrected chi connectivity index (χ1v) is 5.64. The maximum Gasteiger partial charge on any atom is 0.128 e. The van der Waals surface area contributed by atoms with Crippen LogP contribution >= 0.6 is 0 Å². The van der Waals surface area contributed by atoms with E-state index < -0.39 is 0 Å². The number of para-hydroxylation sites is 1. The minimum absolute atomic E-state index is 0.150. The van der Waals surface area contributed by atoms with Crippen molar-refractivity contribution in [1.29, 1.82) is 0 Å². The maximum absolute atomic E-state index is 8.87. The van der Waals surface area contributed by atoms with Gasteiger partial charge >= 0.3 is 0 Å². The fourth-order valence-electron chi connectivity index (χ4n) is 1.84. The second-order valence-corrected chi connectivity index (χ2v) is 4.19. The fourth-order valence-corrected chi connectivity index (χ4v) is 1.84. The van der Waals surface area contributed by atoms with Gasteiger partial charge in [0.15, 0.2) is 0 Å². The second kappa shape index (κ2) is 5.12. The van der Waals surface area contributed by atoms with Gasteiger partial charge in [-0.1, -0.05) is 18.2 Å². The van der Waals surface area contributed by atoms with E-state index in [1.54, 1.807) is 0 Å². The molecule has 2 aromatic rings. The smallest absolute Gasteiger partial charge is 0.128 e. The summed E-state index contributed by atoms with van der Waals surface area (Å²) in [5, 5.41) is 9.96. The van der Waals surface area contributed by atoms with Crippen LogP contribution in [0.1, 0.15) is 5.56 Å². The molecule has 0 fully saturated rings. The van der Waals surface area contributed by atoms with Crippen LogP contribution in [0, 0.1) is 0 Å². The minimum Gasteiger partial charge on any atom is -0.395 e. The SMILES string of the molecule is CN(CCO)Cc1cc2ccccc2nc1N. The zero-order valence-electron chi connectivity index (χ0n) is 9.93. The van der Waals surface area contributed by atoms with Crippen LogP contribution in [-0.4, -0.2) is 35.2 Å². The Labute approximate surface area is 101 Å². The molecule has 0 spiro atoms. The molecule has 0 aliphatic heterocycles. The van der Waals surface area contributed by atoms with Gasteiger partial charge in [-0.2, -0.15) is 0 Å². The first kappa shape index (κ1) is 11.8. The monoisotopic (exact) mass is 231 g/mol. The van der Waals surface area contributed by atoms with Gasteiger partial charge < -0.3 is 10.8 Å². The first-order valence-electron chi connectivity index (χ1n) is 5.64. The maximum atomic E-state index is 8.87. The Morgan fingerprint density at radius 3 is 2.88 bits per heavy atom. The highest BCUT2D eigenvalue weighted by Gasteiger charge is 2.06. The predicted octanol–water partition coefficient (Wildman–Crippen LogP) is 1.24. The summed E-state index contributed by atoms with van der Waals surface area (Å²) in [5.41, 5.74) is 7.85. The molecule has 4 heteroatoms. The van der Waals surface area contributed by atoms with Gasteiger partial charge in [0.25, 0.3) is 0 Å². The molecule has 0 aliphatic rings. The zero-order valence-corrected chi connectivity index (χ0v) is 9.93. The molecule has 1 aromatic carbocycles. The lowest BCUT2D eigenvalue weighted by Gasteiger charge is -2.16. The molecule has 0 radical (unpaired) electrons. The summed E-state index contributed by atoms with van der Waals surface area (Å²) >= 11 is 0. The van der Waals surface area contributed by atoms with Crippen LogP contribution < -0.4 is 5.73 Å². The van der Waals surface area contributed by atoms with Crippen LogP contribution in [0.25, 0.3) is 10.9 Å². The number of hydrogen-bond donors (Lipinski definition) is 2. The molecule has 17 heavy (non-hydrogen) atoms. The van der Waals surface area contributed by atoms with Crippen molar-refractivity contribution in [3.8, 4) is 0 Å². The van der Waals surface area contributed by atoms with Gasteiger partial charge in [-0.3, -0.25) is 4.90 Å². The summed E-state index contributed by atoms with van der Waals surface area (Å²) in [7, 11) is 1.95. The highest BCUT2D eigenvalue weighted by Crippen LogP contribution is 2.19. The third kappa shape index (κ3) is 2.72. The Morgan fingerprint density at radius 2 is 2.12 bits per heavy atom. The van der Waals surface area contributed by atoms with E-state index in [1.807, 2.05) is 36.2 Å². The summed E-state index contributed by atoms with van der Waals surface area (Å²) in [6.45, 7) is 1.48. The van der Waals surface area contributed by atoms with Crippen molar-refractivity contribution < 1.29 is 5.11 Å². The van der Waals surface area contributed by atoms with Crippen LogP contribution in [-0.2, 0) is 6.54 Å². The topological polar surface area (TPSA) is 62.4 Å². The minimum atomic E-state index is 0.150. The first-order chi connectivity index (χ1) is 8.20. The predicted molar refractivity (Wildman–Crippen MR) is 69.6 cm³/mol. The number of aliphatic hydroxyl groups is 1. The van der Waals surface area contributed by atoms with E-state index in [0.717, 1.165) is 16.5 Å². The van der Waals surface area contributed by atoms with E-state index in [1.165, 1.54) is 0 Å². The van der Waals surface area contributed by atoms with Crippen molar-refractivity contribution in [2.45, 2.75) is 6.54 Å². The van der Waals surface area contributed by atoms with Crippen LogP contribution in [0.15, 0.2) is 30.3 Å². The van der Waals surface area contributed by atoms with Crippen molar-refractivity contribution in [2.75, 3.05) is 25.9 Å². The number of nitrogens with two attached hydrogens (primary N) is 1. The number of nitrogens with zero attached hydrogens (tertiary/aromatic N) is 2. The van der Waals surface area contributed by atoms with E-state index in [4.69, 9.17) is 10.8 Å². The standard InChI is InChI=1S/C13H17N3O/c1-16(6-7-17)9-11-8-10-4-2-3-5-12(10)15-13(11)14/h2-5,8,17H,6-7,9H2,1H3,(H2,14,15). The van der Waals surface area contributed by atoms with Crippen molar-refractivity contribution >= 4 is 16.7 Å². The molecule has 0 saturated heterocycles. The average molecular weight is 231 g/mol. The molecule has 2 rings (SSSR count). The average Bonchev–Trinajstić information content (AvgIpc) is 2.30. The van der Waals surface area contributed by atoms with Gasteiger partial charge in [-0.15, -0.1) is 0 Å². The van der Waals surface area contributed by atoms with E-state index in [2.05, 4.69) is 11.1 Å². The summed E-state index contributed by atoms with van der Waals surface area (Å²) in [6, 6.07) is 9.98. The highest BCUT2D eigenvalue weighted by atomic mass is 16.3. The van der Waals surface area contributed by atoms with E-state index >= 15 is 0 Å². The molecule has 1 heterocycles. The number of rotatable bonds is 4. The quantitative estimate of drug-likeness (QED) is 0.831. The number of anilines is 1. The summed E-state index contributed by atoms with van der Waals surface area (Å²) in [4.78, 5) is 6.39. The third-order valence-electron chi connectivity index (χ3n) is 2.76. The van der Waals surface area contributed by atoms with Crippen molar-refractivity contribution in [1.82, 2.24) is 9.88 Å². The molecule has 4 nitrogen and oxygen atoms in total. The molecular formula is C13H17N3O. The van der Waals surface area contributed by atoms with E-state index in [-0.39, 0.29) is 6.61 Å². The van der Waals surface area contributed by atoms with Crippen molar-refractivity contribution in [3.63, 3.8) is 0 Å². The molecule has 0 amide bonds. The van der Waals surface area contributed by atoms with Crippen molar-refractivity contribution in [3.05, 3.63) is 35.9 Å². The molecule has 0 bridgehead atoms. The summed E-state index contributed by atoms with van der Waals surface area (Å²) in [6.07, 6.45) is 0. The lowest BCUT2D eigenvalue weighted by molar-refractivity contribution is 0.217. The van der Waals surface area contributed by atoms with Crippen LogP contribution in [0.3, 0.4) is 0 Å². The van der Waals surface area contributed by atoms with Gasteiger partial charge in [0.05, 0.1) is 12.1 Å². The molecule has 0 unspecified atom stereocenters. The Morgan fingerprint density at radius 1 is 1.35 bits per heavy atom. The number of hydrogen-bond acceptors (Lipinski definition) is 4. The zero-order chi connectivity index (χ0) is 12.3. The lowest BCUT2D eigenvalue weighted by atomic mass is 10.1. The van der Waals surface area contributed by atoms with Crippen LogP contribution in [0.5, 0.6) is 0 Å². The summed E-state index contributed by atoms with van der Waals surface area (Å²) in [5.74, 6) is 0.563. The molecule has 0 saturated carbocycles. The molecule has 0 atom stereocenters. The second-order valence-electron chi connectivity index (χ2n) is 4.19. The van der Waals surface area contributed by atoms with Gasteiger partial charge in [-0.05, 0) is 19.2 Å². The van der Waals surface area contributed by atoms with E-state index in [9.17, 15) is 0 Å². The molecule has 0 aliphatic carbocycles. The Bertz CT molecular complexity index is 513. The molecule has 3 N–H and O–H groups in total. The number of likely N-dealkylation sites (N-methyl/N-ethyl adjacent to an activating group) is 1. The lowest BCUT2D eigenvalue weighted by Crippen LogP contribution is -2.22. The van der Waals surface area contributed by atoms with Gasteiger partial charge in [0.1, 0.15) is 5.82 Å². The largest absolute Gasteiger partial charge is 0.395 e. The number of aromatic nitrogens is 1. The van der Waals surface area contributed by atoms with E-state index in [0.29, 0.717) is 18.9 Å². The molecule has 1 aromatic heterocycles. The number of fused-ring (bicyclic) bond motifs is 1. The van der Waals surface area contributed by atoms with Crippen molar-refractivity contribution in [2.24, 2.45) is 0 Å². The number of nitrogen functional groups attached to an aromatic ring is 1. The Hall–Kier alpha value is -1.65. The van der Waals surface area contributed by atoms with Crippen LogP contribution in [0.4, 0.5) is 5.82 Å². The van der Waals surface area contributed by atoms with Crippen LogP contribution in [0.2, 0.25) is 0 Å². The number of aliphatic hydroxyl groups excluding tert-OH is 1. The molecule has 90 valence electrons. The summed E-state index contributed by atoms with van der Waals surface area (Å²) < 4.78 is 0. The number of pyridine rings is 1. The normalized spacial score (nSPS) is 11.2. The number of benzene rings is 1. The van der Waals surface area contributed by atoms with Gasteiger partial charge in [-0.25, -0.2) is 4.98 Å². The van der Waals surface area contributed by atoms with Gasteiger partial charge in [0, 0.05) is 24.0 Å². The van der Waals surface area contributed by atoms with Gasteiger partial charge in [0.2, 0.25) is 0 Å². The third-order valence-corrected chi connectivity index (χ3v) is 2.76. The fraction of sp³-hybridized carbons (Fsp3) is 0.308. The Kier molecular flexibility index (Phi) is 3.56. The Balaban J connectivity index is 2.31. The highest BCUT2D eigenvalue weighted by molar-refractivity contribution is 5.81. The molecular weight excluding hydrogens is 214 g/mol.